The molecule has 2 aromatic rings. The van der Waals surface area contributed by atoms with Gasteiger partial charge in [0.2, 0.25) is 0 Å². The van der Waals surface area contributed by atoms with E-state index in [-0.39, 0.29) is 17.1 Å². The van der Waals surface area contributed by atoms with E-state index in [1.807, 2.05) is 0 Å². The van der Waals surface area contributed by atoms with Gasteiger partial charge in [-0.3, -0.25) is 4.79 Å². The van der Waals surface area contributed by atoms with Crippen molar-refractivity contribution in [2.24, 2.45) is 0 Å². The first-order valence-corrected chi connectivity index (χ1v) is 7.45. The van der Waals surface area contributed by atoms with Crippen molar-refractivity contribution < 1.29 is 27.5 Å². The zero-order valence-electron chi connectivity index (χ0n) is 14.0. The van der Waals surface area contributed by atoms with Gasteiger partial charge in [0.05, 0.1) is 5.56 Å². The lowest BCUT2D eigenvalue weighted by molar-refractivity contribution is -0.137. The summed E-state index contributed by atoms with van der Waals surface area (Å²) < 4.78 is 43.3. The number of hydrogen-bond acceptors (Lipinski definition) is 5. The topological polar surface area (TPSA) is 71.5 Å². The number of aromatic nitrogens is 1. The summed E-state index contributed by atoms with van der Waals surface area (Å²) in [7, 11) is 3.03. The molecule has 0 saturated carbocycles. The second-order valence-corrected chi connectivity index (χ2v) is 5.47. The number of nitrogens with one attached hydrogen (secondary N) is 1. The molecule has 0 bridgehead atoms. The molecular formula is C17H16F3N3O3. The monoisotopic (exact) mass is 367 g/mol. The SMILES string of the molecule is CN(C)C(=O)COC(=O)c1cccnc1Nc1cccc(C(F)(F)F)c1. The van der Waals surface area contributed by atoms with Gasteiger partial charge in [0.25, 0.3) is 5.91 Å². The Bertz CT molecular complexity index is 807. The van der Waals surface area contributed by atoms with E-state index in [0.29, 0.717) is 0 Å². The van der Waals surface area contributed by atoms with Crippen LogP contribution in [0.15, 0.2) is 42.6 Å². The van der Waals surface area contributed by atoms with E-state index in [1.54, 1.807) is 0 Å². The third-order valence-electron chi connectivity index (χ3n) is 3.31. The molecule has 0 unspecified atom stereocenters. The molecule has 1 aromatic carbocycles. The number of carbonyl (C=O) groups is 2. The van der Waals surface area contributed by atoms with Gasteiger partial charge in [-0.05, 0) is 30.3 Å². The van der Waals surface area contributed by atoms with Crippen LogP contribution in [-0.2, 0) is 15.7 Å². The lowest BCUT2D eigenvalue weighted by atomic mass is 10.2. The molecule has 138 valence electrons. The number of anilines is 2. The quantitative estimate of drug-likeness (QED) is 0.823. The molecular weight excluding hydrogens is 351 g/mol. The van der Waals surface area contributed by atoms with Crippen molar-refractivity contribution in [1.29, 1.82) is 0 Å². The molecule has 6 nitrogen and oxygen atoms in total. The summed E-state index contributed by atoms with van der Waals surface area (Å²) in [4.78, 5) is 28.9. The van der Waals surface area contributed by atoms with Crippen LogP contribution in [0.5, 0.6) is 0 Å². The van der Waals surface area contributed by atoms with Crippen molar-refractivity contribution in [3.8, 4) is 0 Å². The molecule has 0 radical (unpaired) electrons. The number of likely N-dealkylation sites (N-methyl/N-ethyl adjacent to an activating group) is 1. The van der Waals surface area contributed by atoms with Gasteiger partial charge in [0.1, 0.15) is 11.4 Å². The number of nitrogens with zero attached hydrogens (tertiary/aromatic N) is 2. The molecule has 1 N–H and O–H groups in total. The number of halogens is 3. The van der Waals surface area contributed by atoms with Gasteiger partial charge < -0.3 is 15.0 Å². The first-order valence-electron chi connectivity index (χ1n) is 7.45. The highest BCUT2D eigenvalue weighted by Crippen LogP contribution is 2.31. The Morgan fingerprint density at radius 2 is 1.92 bits per heavy atom. The highest BCUT2D eigenvalue weighted by Gasteiger charge is 2.30. The molecule has 0 atom stereocenters. The lowest BCUT2D eigenvalue weighted by Gasteiger charge is -2.13. The number of carbonyl (C=O) groups excluding carboxylic acids is 2. The van der Waals surface area contributed by atoms with E-state index < -0.39 is 30.2 Å². The number of alkyl halides is 3. The highest BCUT2D eigenvalue weighted by molar-refractivity contribution is 5.96. The largest absolute Gasteiger partial charge is 0.452 e. The van der Waals surface area contributed by atoms with Gasteiger partial charge in [-0.15, -0.1) is 0 Å². The Morgan fingerprint density at radius 1 is 1.19 bits per heavy atom. The molecule has 0 fully saturated rings. The minimum atomic E-state index is -4.49. The molecule has 0 spiro atoms. The number of hydrogen-bond donors (Lipinski definition) is 1. The first kappa shape index (κ1) is 19.2. The summed E-state index contributed by atoms with van der Waals surface area (Å²) in [5, 5.41) is 2.67. The van der Waals surface area contributed by atoms with Crippen LogP contribution >= 0.6 is 0 Å². The number of ether oxygens (including phenoxy) is 1. The van der Waals surface area contributed by atoms with Gasteiger partial charge in [-0.25, -0.2) is 9.78 Å². The van der Waals surface area contributed by atoms with Crippen molar-refractivity contribution in [3.63, 3.8) is 0 Å². The fraction of sp³-hybridized carbons (Fsp3) is 0.235. The van der Waals surface area contributed by atoms with Gasteiger partial charge in [0, 0.05) is 26.0 Å². The van der Waals surface area contributed by atoms with E-state index in [0.717, 1.165) is 12.1 Å². The maximum absolute atomic E-state index is 12.8. The van der Waals surface area contributed by atoms with Crippen LogP contribution in [0, 0.1) is 0 Å². The van der Waals surface area contributed by atoms with Crippen LogP contribution in [0.2, 0.25) is 0 Å². The van der Waals surface area contributed by atoms with Crippen molar-refractivity contribution in [3.05, 3.63) is 53.7 Å². The Labute approximate surface area is 147 Å². The Balaban J connectivity index is 2.19. The molecule has 9 heteroatoms. The molecule has 1 heterocycles. The Kier molecular flexibility index (Phi) is 5.81. The van der Waals surface area contributed by atoms with Crippen LogP contribution in [-0.4, -0.2) is 42.5 Å². The van der Waals surface area contributed by atoms with Crippen molar-refractivity contribution in [1.82, 2.24) is 9.88 Å². The number of rotatable bonds is 5. The van der Waals surface area contributed by atoms with Crippen LogP contribution in [0.3, 0.4) is 0 Å². The summed E-state index contributed by atoms with van der Waals surface area (Å²) in [6, 6.07) is 7.36. The lowest BCUT2D eigenvalue weighted by Crippen LogP contribution is -2.27. The van der Waals surface area contributed by atoms with Crippen LogP contribution in [0.25, 0.3) is 0 Å². The molecule has 1 aromatic heterocycles. The van der Waals surface area contributed by atoms with E-state index in [1.165, 1.54) is 49.5 Å². The third kappa shape index (κ3) is 4.95. The first-order chi connectivity index (χ1) is 12.2. The highest BCUT2D eigenvalue weighted by atomic mass is 19.4. The van der Waals surface area contributed by atoms with Crippen LogP contribution in [0.1, 0.15) is 15.9 Å². The number of amides is 1. The van der Waals surface area contributed by atoms with Gasteiger partial charge in [0.15, 0.2) is 6.61 Å². The standard InChI is InChI=1S/C17H16F3N3O3/c1-23(2)14(24)10-26-16(25)13-7-4-8-21-15(13)22-12-6-3-5-11(9-12)17(18,19)20/h3-9H,10H2,1-2H3,(H,21,22). The van der Waals surface area contributed by atoms with Crippen LogP contribution < -0.4 is 5.32 Å². The van der Waals surface area contributed by atoms with Crippen LogP contribution in [0.4, 0.5) is 24.7 Å². The van der Waals surface area contributed by atoms with E-state index >= 15 is 0 Å². The van der Waals surface area contributed by atoms with Gasteiger partial charge in [-0.2, -0.15) is 13.2 Å². The Morgan fingerprint density at radius 3 is 2.58 bits per heavy atom. The smallest absolute Gasteiger partial charge is 0.416 e. The number of esters is 1. The molecule has 0 saturated heterocycles. The second kappa shape index (κ2) is 7.85. The zero-order chi connectivity index (χ0) is 19.3. The number of benzene rings is 1. The normalized spacial score (nSPS) is 11.0. The molecule has 1 amide bonds. The number of pyridine rings is 1. The van der Waals surface area contributed by atoms with Crippen molar-refractivity contribution in [2.75, 3.05) is 26.0 Å². The molecule has 0 aliphatic rings. The van der Waals surface area contributed by atoms with E-state index in [9.17, 15) is 22.8 Å². The summed E-state index contributed by atoms with van der Waals surface area (Å²) >= 11 is 0. The predicted molar refractivity (Wildman–Crippen MR) is 87.9 cm³/mol. The Hall–Kier alpha value is -3.10. The third-order valence-corrected chi connectivity index (χ3v) is 3.31. The fourth-order valence-electron chi connectivity index (χ4n) is 1.91. The maximum atomic E-state index is 12.8. The van der Waals surface area contributed by atoms with Crippen molar-refractivity contribution >= 4 is 23.4 Å². The molecule has 2 rings (SSSR count). The minimum Gasteiger partial charge on any atom is -0.452 e. The fourth-order valence-corrected chi connectivity index (χ4v) is 1.91. The van der Waals surface area contributed by atoms with E-state index in [4.69, 9.17) is 4.74 Å². The summed E-state index contributed by atoms with van der Waals surface area (Å²) in [6.07, 6.45) is -3.12. The molecule has 26 heavy (non-hydrogen) atoms. The maximum Gasteiger partial charge on any atom is 0.416 e. The average Bonchev–Trinajstić information content (AvgIpc) is 2.59. The minimum absolute atomic E-state index is 0.00327. The van der Waals surface area contributed by atoms with Gasteiger partial charge >= 0.3 is 12.1 Å². The average molecular weight is 367 g/mol. The molecule has 0 aliphatic carbocycles. The summed E-state index contributed by atoms with van der Waals surface area (Å²) in [6.45, 7) is -0.455. The molecule has 0 aliphatic heterocycles. The van der Waals surface area contributed by atoms with Crippen molar-refractivity contribution in [2.45, 2.75) is 6.18 Å². The zero-order valence-corrected chi connectivity index (χ0v) is 14.0. The summed E-state index contributed by atoms with van der Waals surface area (Å²) in [5.74, 6) is -1.20. The predicted octanol–water partition coefficient (Wildman–Crippen LogP) is 3.09. The van der Waals surface area contributed by atoms with E-state index in [2.05, 4.69) is 10.3 Å². The second-order valence-electron chi connectivity index (χ2n) is 5.47. The summed E-state index contributed by atoms with van der Waals surface area (Å²) in [5.41, 5.74) is -0.729. The van der Waals surface area contributed by atoms with Gasteiger partial charge in [-0.1, -0.05) is 6.07 Å².